The lowest BCUT2D eigenvalue weighted by Gasteiger charge is -2.22. The Morgan fingerprint density at radius 2 is 1.85 bits per heavy atom. The second kappa shape index (κ2) is 6.70. The number of sulfonamides is 1. The van der Waals surface area contributed by atoms with Gasteiger partial charge in [-0.3, -0.25) is 0 Å². The van der Waals surface area contributed by atoms with Gasteiger partial charge in [-0.25, -0.2) is 13.6 Å². The Kier molecular flexibility index (Phi) is 5.18. The van der Waals surface area contributed by atoms with E-state index in [0.717, 1.165) is 5.56 Å². The first-order valence-corrected chi connectivity index (χ1v) is 8.90. The van der Waals surface area contributed by atoms with Gasteiger partial charge in [0.1, 0.15) is 0 Å². The van der Waals surface area contributed by atoms with Crippen LogP contribution in [0.15, 0.2) is 29.2 Å². The summed E-state index contributed by atoms with van der Waals surface area (Å²) in [7, 11) is -3.63. The lowest BCUT2D eigenvalue weighted by atomic mass is 10.0. The van der Waals surface area contributed by atoms with Crippen LogP contribution in [-0.4, -0.2) is 14.5 Å². The van der Waals surface area contributed by atoms with Crippen LogP contribution >= 0.6 is 0 Å². The molecule has 5 heteroatoms. The van der Waals surface area contributed by atoms with Crippen LogP contribution in [0.4, 0.5) is 0 Å². The molecule has 20 heavy (non-hydrogen) atoms. The summed E-state index contributed by atoms with van der Waals surface area (Å²) in [5.41, 5.74) is 0.973. The second-order valence-corrected chi connectivity index (χ2v) is 7.26. The highest BCUT2D eigenvalue weighted by Gasteiger charge is 2.16. The lowest BCUT2D eigenvalue weighted by Crippen LogP contribution is -2.31. The first kappa shape index (κ1) is 15.5. The van der Waals surface area contributed by atoms with Gasteiger partial charge >= 0.3 is 0 Å². The smallest absolute Gasteiger partial charge is 0.238 e. The molecule has 3 N–H and O–H groups in total. The number of nitrogens with two attached hydrogens (primary N) is 1. The third-order valence-corrected chi connectivity index (χ3v) is 4.94. The second-order valence-electron chi connectivity index (χ2n) is 5.69. The van der Waals surface area contributed by atoms with Gasteiger partial charge in [0.25, 0.3) is 0 Å². The number of hydrogen-bond acceptors (Lipinski definition) is 3. The van der Waals surface area contributed by atoms with Gasteiger partial charge in [0, 0.05) is 12.1 Å². The summed E-state index contributed by atoms with van der Waals surface area (Å²) in [6, 6.07) is 7.58. The van der Waals surface area contributed by atoms with Crippen LogP contribution in [0, 0.1) is 0 Å². The van der Waals surface area contributed by atoms with Gasteiger partial charge in [0.05, 0.1) is 4.90 Å². The number of nitrogens with one attached hydrogen (secondary N) is 1. The molecule has 1 aliphatic rings. The van der Waals surface area contributed by atoms with Crippen LogP contribution in [0.25, 0.3) is 0 Å². The molecule has 1 unspecified atom stereocenters. The SMILES string of the molecule is CC(NC1CCCCCC1)c1cccc(S(N)(=O)=O)c1. The summed E-state index contributed by atoms with van der Waals surface area (Å²) in [6.45, 7) is 2.08. The topological polar surface area (TPSA) is 72.2 Å². The molecule has 112 valence electrons. The molecule has 0 spiro atoms. The van der Waals surface area contributed by atoms with Gasteiger partial charge in [-0.1, -0.05) is 37.8 Å². The standard InChI is InChI=1S/C15H24N2O2S/c1-12(17-14-8-4-2-3-5-9-14)13-7-6-10-15(11-13)20(16,18)19/h6-7,10-12,14,17H,2-5,8-9H2,1H3,(H2,16,18,19). The third kappa shape index (κ3) is 4.30. The molecule has 1 aliphatic carbocycles. The molecule has 1 fully saturated rings. The van der Waals surface area contributed by atoms with Gasteiger partial charge < -0.3 is 5.32 Å². The highest BCUT2D eigenvalue weighted by Crippen LogP contribution is 2.22. The molecule has 0 amide bonds. The molecule has 1 aromatic carbocycles. The van der Waals surface area contributed by atoms with E-state index in [-0.39, 0.29) is 10.9 Å². The molecular formula is C15H24N2O2S. The Morgan fingerprint density at radius 3 is 2.45 bits per heavy atom. The minimum Gasteiger partial charge on any atom is -0.307 e. The van der Waals surface area contributed by atoms with Crippen molar-refractivity contribution in [3.63, 3.8) is 0 Å². The summed E-state index contributed by atoms with van der Waals surface area (Å²) in [5, 5.41) is 8.80. The van der Waals surface area contributed by atoms with Crippen molar-refractivity contribution >= 4 is 10.0 Å². The maximum atomic E-state index is 11.4. The maximum Gasteiger partial charge on any atom is 0.238 e. The van der Waals surface area contributed by atoms with Crippen molar-refractivity contribution in [1.82, 2.24) is 5.32 Å². The molecule has 4 nitrogen and oxygen atoms in total. The molecule has 1 atom stereocenters. The molecule has 0 aliphatic heterocycles. The van der Waals surface area contributed by atoms with Crippen molar-refractivity contribution in [2.75, 3.05) is 0 Å². The van der Waals surface area contributed by atoms with Crippen molar-refractivity contribution in [3.05, 3.63) is 29.8 Å². The summed E-state index contributed by atoms with van der Waals surface area (Å²) in [4.78, 5) is 0.185. The first-order chi connectivity index (χ1) is 9.47. The fraction of sp³-hybridized carbons (Fsp3) is 0.600. The van der Waals surface area contributed by atoms with Crippen LogP contribution in [0.2, 0.25) is 0 Å². The number of rotatable bonds is 4. The zero-order valence-corrected chi connectivity index (χ0v) is 12.8. The van der Waals surface area contributed by atoms with Gasteiger partial charge in [-0.2, -0.15) is 0 Å². The van der Waals surface area contributed by atoms with Crippen molar-refractivity contribution in [1.29, 1.82) is 0 Å². The van der Waals surface area contributed by atoms with Crippen molar-refractivity contribution in [2.24, 2.45) is 5.14 Å². The van der Waals surface area contributed by atoms with Gasteiger partial charge in [-0.05, 0) is 37.5 Å². The highest BCUT2D eigenvalue weighted by molar-refractivity contribution is 7.89. The molecule has 0 heterocycles. The van der Waals surface area contributed by atoms with E-state index >= 15 is 0 Å². The average Bonchev–Trinajstić information content (AvgIpc) is 2.66. The van der Waals surface area contributed by atoms with Crippen LogP contribution in [0.5, 0.6) is 0 Å². The summed E-state index contributed by atoms with van der Waals surface area (Å²) in [6.07, 6.45) is 7.63. The Bertz CT molecular complexity index is 535. The quantitative estimate of drug-likeness (QED) is 0.839. The predicted molar refractivity (Wildman–Crippen MR) is 80.9 cm³/mol. The van der Waals surface area contributed by atoms with E-state index < -0.39 is 10.0 Å². The Morgan fingerprint density at radius 1 is 1.20 bits per heavy atom. The molecular weight excluding hydrogens is 272 g/mol. The Balaban J connectivity index is 2.06. The average molecular weight is 296 g/mol. The van der Waals surface area contributed by atoms with E-state index in [1.165, 1.54) is 44.6 Å². The molecule has 0 radical (unpaired) electrons. The normalized spacial score (nSPS) is 19.5. The summed E-state index contributed by atoms with van der Waals surface area (Å²) < 4.78 is 22.8. The monoisotopic (exact) mass is 296 g/mol. The van der Waals surface area contributed by atoms with Gasteiger partial charge in [0.15, 0.2) is 0 Å². The van der Waals surface area contributed by atoms with E-state index in [0.29, 0.717) is 6.04 Å². The molecule has 1 aromatic rings. The van der Waals surface area contributed by atoms with E-state index in [4.69, 9.17) is 5.14 Å². The van der Waals surface area contributed by atoms with E-state index in [9.17, 15) is 8.42 Å². The first-order valence-electron chi connectivity index (χ1n) is 7.35. The molecule has 0 aromatic heterocycles. The molecule has 2 rings (SSSR count). The lowest BCUT2D eigenvalue weighted by molar-refractivity contribution is 0.414. The van der Waals surface area contributed by atoms with E-state index in [1.807, 2.05) is 6.07 Å². The largest absolute Gasteiger partial charge is 0.307 e. The van der Waals surface area contributed by atoms with E-state index in [1.54, 1.807) is 12.1 Å². The van der Waals surface area contributed by atoms with Gasteiger partial charge in [-0.15, -0.1) is 0 Å². The van der Waals surface area contributed by atoms with Crippen LogP contribution in [0.1, 0.15) is 57.1 Å². The molecule has 1 saturated carbocycles. The highest BCUT2D eigenvalue weighted by atomic mass is 32.2. The maximum absolute atomic E-state index is 11.4. The van der Waals surface area contributed by atoms with Crippen LogP contribution in [0.3, 0.4) is 0 Å². The van der Waals surface area contributed by atoms with Gasteiger partial charge in [0.2, 0.25) is 10.0 Å². The number of hydrogen-bond donors (Lipinski definition) is 2. The van der Waals surface area contributed by atoms with Crippen LogP contribution in [-0.2, 0) is 10.0 Å². The number of benzene rings is 1. The zero-order chi connectivity index (χ0) is 14.6. The summed E-state index contributed by atoms with van der Waals surface area (Å²) in [5.74, 6) is 0. The van der Waals surface area contributed by atoms with Crippen molar-refractivity contribution in [2.45, 2.75) is 62.4 Å². The van der Waals surface area contributed by atoms with Crippen molar-refractivity contribution in [3.8, 4) is 0 Å². The fourth-order valence-corrected chi connectivity index (χ4v) is 3.43. The Hall–Kier alpha value is -0.910. The molecule has 0 saturated heterocycles. The zero-order valence-electron chi connectivity index (χ0n) is 12.0. The molecule has 0 bridgehead atoms. The Labute approximate surface area is 121 Å². The predicted octanol–water partition coefficient (Wildman–Crippen LogP) is 2.71. The minimum absolute atomic E-state index is 0.139. The van der Waals surface area contributed by atoms with E-state index in [2.05, 4.69) is 12.2 Å². The third-order valence-electron chi connectivity index (χ3n) is 4.03. The number of primary sulfonamides is 1. The van der Waals surface area contributed by atoms with Crippen LogP contribution < -0.4 is 10.5 Å². The van der Waals surface area contributed by atoms with Crippen molar-refractivity contribution < 1.29 is 8.42 Å². The summed E-state index contributed by atoms with van der Waals surface area (Å²) >= 11 is 0. The minimum atomic E-state index is -3.63. The fourth-order valence-electron chi connectivity index (χ4n) is 2.86.